The molecule has 6 heteroatoms. The van der Waals surface area contributed by atoms with Gasteiger partial charge < -0.3 is 15.4 Å². The van der Waals surface area contributed by atoms with Gasteiger partial charge in [-0.3, -0.25) is 4.68 Å². The van der Waals surface area contributed by atoms with E-state index in [-0.39, 0.29) is 11.6 Å². The van der Waals surface area contributed by atoms with E-state index in [4.69, 9.17) is 9.84 Å². The van der Waals surface area contributed by atoms with Crippen LogP contribution in [0.4, 0.5) is 4.79 Å². The van der Waals surface area contributed by atoms with Crippen LogP contribution in [-0.4, -0.2) is 33.6 Å². The Labute approximate surface area is 143 Å². The molecule has 4 aliphatic rings. The number of carbonyl (C=O) groups excluding carboxylic acids is 1. The van der Waals surface area contributed by atoms with Gasteiger partial charge in [-0.05, 0) is 52.4 Å². The summed E-state index contributed by atoms with van der Waals surface area (Å²) in [5.41, 5.74) is 3.81. The van der Waals surface area contributed by atoms with Gasteiger partial charge >= 0.3 is 6.09 Å². The lowest BCUT2D eigenvalue weighted by Crippen LogP contribution is -2.75. The van der Waals surface area contributed by atoms with Gasteiger partial charge in [0.25, 0.3) is 0 Å². The molecule has 0 aromatic carbocycles. The third-order valence-electron chi connectivity index (χ3n) is 5.65. The molecule has 0 saturated heterocycles. The molecule has 5 rings (SSSR count). The van der Waals surface area contributed by atoms with Gasteiger partial charge in [0.15, 0.2) is 0 Å². The lowest BCUT2D eigenvalue weighted by molar-refractivity contribution is -0.162. The summed E-state index contributed by atoms with van der Waals surface area (Å²) in [4.78, 5) is 12.0. The van der Waals surface area contributed by atoms with E-state index in [2.05, 4.69) is 22.2 Å². The van der Waals surface area contributed by atoms with Crippen LogP contribution in [0.25, 0.3) is 0 Å². The number of aromatic nitrogens is 2. The molecule has 132 valence electrons. The molecule has 1 aromatic heterocycles. The largest absolute Gasteiger partial charge is 0.444 e. The van der Waals surface area contributed by atoms with Gasteiger partial charge in [0.1, 0.15) is 5.60 Å². The molecule has 3 saturated carbocycles. The molecule has 24 heavy (non-hydrogen) atoms. The Kier molecular flexibility index (Phi) is 3.30. The van der Waals surface area contributed by atoms with Crippen molar-refractivity contribution in [2.24, 2.45) is 5.41 Å². The molecule has 1 aromatic rings. The number of amides is 1. The zero-order valence-electron chi connectivity index (χ0n) is 15.2. The smallest absolute Gasteiger partial charge is 0.408 e. The average molecular weight is 332 g/mol. The van der Waals surface area contributed by atoms with Crippen molar-refractivity contribution in [3.63, 3.8) is 0 Å². The fraction of sp³-hybridized carbons (Fsp3) is 0.778. The van der Waals surface area contributed by atoms with E-state index in [1.54, 1.807) is 0 Å². The van der Waals surface area contributed by atoms with Gasteiger partial charge in [-0.1, -0.05) is 0 Å². The van der Waals surface area contributed by atoms with Crippen LogP contribution in [0.2, 0.25) is 0 Å². The summed E-state index contributed by atoms with van der Waals surface area (Å²) in [6, 6.07) is 0. The van der Waals surface area contributed by atoms with Crippen molar-refractivity contribution in [1.29, 1.82) is 0 Å². The van der Waals surface area contributed by atoms with Gasteiger partial charge in [-0.15, -0.1) is 0 Å². The number of ether oxygens (including phenoxy) is 1. The maximum Gasteiger partial charge on any atom is 0.408 e. The average Bonchev–Trinajstić information content (AvgIpc) is 2.70. The molecule has 3 fully saturated rings. The Morgan fingerprint density at radius 3 is 2.71 bits per heavy atom. The van der Waals surface area contributed by atoms with Crippen LogP contribution in [0.1, 0.15) is 57.0 Å². The number of alkyl carbamates (subject to hydrolysis) is 1. The third kappa shape index (κ3) is 2.61. The van der Waals surface area contributed by atoms with E-state index in [0.717, 1.165) is 45.3 Å². The molecule has 0 unspecified atom stereocenters. The minimum atomic E-state index is -0.440. The first-order valence-electron chi connectivity index (χ1n) is 8.96. The summed E-state index contributed by atoms with van der Waals surface area (Å²) in [5, 5.41) is 11.4. The summed E-state index contributed by atoms with van der Waals surface area (Å²) in [7, 11) is 0. The zero-order chi connectivity index (χ0) is 17.2. The van der Waals surface area contributed by atoms with Gasteiger partial charge in [0.2, 0.25) is 0 Å². The van der Waals surface area contributed by atoms with Crippen LogP contribution in [0.5, 0.6) is 0 Å². The number of nitrogens with zero attached hydrogens (tertiary/aromatic N) is 2. The first-order valence-corrected chi connectivity index (χ1v) is 8.96. The summed E-state index contributed by atoms with van der Waals surface area (Å²) >= 11 is 0. The molecule has 2 heterocycles. The highest BCUT2D eigenvalue weighted by Crippen LogP contribution is 2.68. The van der Waals surface area contributed by atoms with Crippen LogP contribution in [0.15, 0.2) is 0 Å². The van der Waals surface area contributed by atoms with Crippen molar-refractivity contribution in [2.75, 3.05) is 6.54 Å². The normalized spacial score (nSPS) is 30.8. The molecule has 0 atom stereocenters. The Morgan fingerprint density at radius 2 is 2.08 bits per heavy atom. The third-order valence-corrected chi connectivity index (χ3v) is 5.65. The maximum atomic E-state index is 12.0. The topological polar surface area (TPSA) is 68.2 Å². The number of carbonyl (C=O) groups is 1. The Morgan fingerprint density at radius 1 is 1.38 bits per heavy atom. The van der Waals surface area contributed by atoms with Crippen LogP contribution < -0.4 is 10.6 Å². The fourth-order valence-corrected chi connectivity index (χ4v) is 4.79. The van der Waals surface area contributed by atoms with Crippen molar-refractivity contribution in [3.05, 3.63) is 17.0 Å². The lowest BCUT2D eigenvalue weighted by atomic mass is 9.39. The number of fused-ring (bicyclic) bond motifs is 1. The fourth-order valence-electron chi connectivity index (χ4n) is 4.79. The summed E-state index contributed by atoms with van der Waals surface area (Å²) in [5.74, 6) is 0. The van der Waals surface area contributed by atoms with E-state index < -0.39 is 5.60 Å². The second-order valence-electron chi connectivity index (χ2n) is 9.03. The molecule has 1 aliphatic heterocycles. The number of hydrogen-bond donors (Lipinski definition) is 2. The lowest BCUT2D eigenvalue weighted by Gasteiger charge is -2.70. The molecule has 3 aliphatic carbocycles. The van der Waals surface area contributed by atoms with Crippen molar-refractivity contribution in [3.8, 4) is 0 Å². The van der Waals surface area contributed by atoms with Crippen LogP contribution in [0, 0.1) is 12.3 Å². The van der Waals surface area contributed by atoms with E-state index in [0.29, 0.717) is 5.41 Å². The van der Waals surface area contributed by atoms with E-state index in [9.17, 15) is 4.79 Å². The van der Waals surface area contributed by atoms with Gasteiger partial charge in [0, 0.05) is 42.9 Å². The molecule has 1 amide bonds. The van der Waals surface area contributed by atoms with Crippen LogP contribution >= 0.6 is 0 Å². The molecule has 6 nitrogen and oxygen atoms in total. The highest BCUT2D eigenvalue weighted by molar-refractivity contribution is 5.69. The predicted molar refractivity (Wildman–Crippen MR) is 90.8 cm³/mol. The maximum absolute atomic E-state index is 12.0. The molecule has 2 N–H and O–H groups in total. The van der Waals surface area contributed by atoms with E-state index in [1.165, 1.54) is 17.0 Å². The van der Waals surface area contributed by atoms with E-state index in [1.807, 2.05) is 20.8 Å². The van der Waals surface area contributed by atoms with Crippen molar-refractivity contribution < 1.29 is 9.53 Å². The Bertz CT molecular complexity index is 666. The SMILES string of the molecule is Cc1c2c(nn1CC13CC(NC(=O)OC(C)(C)C)(C1)C3)CCNC2. The van der Waals surface area contributed by atoms with Crippen molar-refractivity contribution in [2.45, 2.75) is 77.6 Å². The first kappa shape index (κ1) is 15.9. The molecule has 2 bridgehead atoms. The first-order chi connectivity index (χ1) is 11.2. The minimum absolute atomic E-state index is 0.0233. The number of hydrogen-bond acceptors (Lipinski definition) is 4. The molecular weight excluding hydrogens is 304 g/mol. The highest BCUT2D eigenvalue weighted by atomic mass is 16.6. The second-order valence-corrected chi connectivity index (χ2v) is 9.03. The van der Waals surface area contributed by atoms with Crippen molar-refractivity contribution in [1.82, 2.24) is 20.4 Å². The molecule has 0 spiro atoms. The minimum Gasteiger partial charge on any atom is -0.444 e. The number of rotatable bonds is 3. The molecular formula is C18H28N4O2. The summed E-state index contributed by atoms with van der Waals surface area (Å²) in [6.45, 7) is 10.8. The zero-order valence-corrected chi connectivity index (χ0v) is 15.2. The summed E-state index contributed by atoms with van der Waals surface area (Å²) in [6.07, 6.45) is 3.87. The van der Waals surface area contributed by atoms with Crippen LogP contribution in [0.3, 0.4) is 0 Å². The predicted octanol–water partition coefficient (Wildman–Crippen LogP) is 2.28. The molecule has 0 radical (unpaired) electrons. The Hall–Kier alpha value is -1.56. The van der Waals surface area contributed by atoms with Gasteiger partial charge in [-0.2, -0.15) is 5.10 Å². The highest BCUT2D eigenvalue weighted by Gasteiger charge is 2.68. The Balaban J connectivity index is 1.36. The second kappa shape index (κ2) is 4.97. The van der Waals surface area contributed by atoms with Gasteiger partial charge in [0.05, 0.1) is 5.69 Å². The monoisotopic (exact) mass is 332 g/mol. The number of nitrogens with one attached hydrogen (secondary N) is 2. The quantitative estimate of drug-likeness (QED) is 0.891. The van der Waals surface area contributed by atoms with E-state index >= 15 is 0 Å². The van der Waals surface area contributed by atoms with Gasteiger partial charge in [-0.25, -0.2) is 4.79 Å². The standard InChI is InChI=1S/C18H28N4O2/c1-12-13-7-19-6-5-14(13)21-22(12)11-17-8-18(9-17,10-17)20-15(23)24-16(2,3)4/h19H,5-11H2,1-4H3,(H,20,23). The van der Waals surface area contributed by atoms with Crippen molar-refractivity contribution >= 4 is 6.09 Å². The van der Waals surface area contributed by atoms with Crippen LogP contribution in [-0.2, 0) is 24.2 Å². The summed E-state index contributed by atoms with van der Waals surface area (Å²) < 4.78 is 7.59.